The molecular weight excluding hydrogens is 152 g/mol. The van der Waals surface area contributed by atoms with Crippen molar-refractivity contribution in [3.63, 3.8) is 0 Å². The molecule has 0 saturated heterocycles. The van der Waals surface area contributed by atoms with Crippen molar-refractivity contribution >= 4 is 0 Å². The summed E-state index contributed by atoms with van der Waals surface area (Å²) in [5.41, 5.74) is 1.30. The first-order valence-electron chi connectivity index (χ1n) is 4.84. The molecule has 2 rings (SSSR count). The van der Waals surface area contributed by atoms with Crippen LogP contribution >= 0.6 is 0 Å². The van der Waals surface area contributed by atoms with Crippen molar-refractivity contribution in [2.45, 2.75) is 44.3 Å². The zero-order valence-corrected chi connectivity index (χ0v) is 7.24. The van der Waals surface area contributed by atoms with Gasteiger partial charge in [0.15, 0.2) is 0 Å². The third-order valence-electron chi connectivity index (χ3n) is 3.09. The largest absolute Gasteiger partial charge is 0.393 e. The topological polar surface area (TPSA) is 40.5 Å². The maximum absolute atomic E-state index is 9.67. The molecule has 0 aromatic rings. The Morgan fingerprint density at radius 1 is 1.17 bits per heavy atom. The zero-order chi connectivity index (χ0) is 8.55. The van der Waals surface area contributed by atoms with Crippen molar-refractivity contribution in [1.29, 1.82) is 0 Å². The molecule has 2 N–H and O–H groups in total. The van der Waals surface area contributed by atoms with Crippen LogP contribution in [0.4, 0.5) is 0 Å². The first-order valence-corrected chi connectivity index (χ1v) is 4.84. The monoisotopic (exact) mass is 168 g/mol. The van der Waals surface area contributed by atoms with E-state index >= 15 is 0 Å². The van der Waals surface area contributed by atoms with Crippen LogP contribution in [0, 0.1) is 5.92 Å². The van der Waals surface area contributed by atoms with Gasteiger partial charge in [-0.3, -0.25) is 0 Å². The zero-order valence-electron chi connectivity index (χ0n) is 7.24. The van der Waals surface area contributed by atoms with Crippen LogP contribution in [0.2, 0.25) is 0 Å². The van der Waals surface area contributed by atoms with Gasteiger partial charge >= 0.3 is 0 Å². The summed E-state index contributed by atoms with van der Waals surface area (Å²) in [6, 6.07) is 0. The Morgan fingerprint density at radius 3 is 2.83 bits per heavy atom. The van der Waals surface area contributed by atoms with Gasteiger partial charge in [-0.05, 0) is 32.1 Å². The van der Waals surface area contributed by atoms with Crippen molar-refractivity contribution < 1.29 is 10.2 Å². The molecule has 0 aliphatic heterocycles. The highest BCUT2D eigenvalue weighted by Crippen LogP contribution is 2.36. The van der Waals surface area contributed by atoms with E-state index in [-0.39, 0.29) is 12.2 Å². The van der Waals surface area contributed by atoms with Gasteiger partial charge in [0.05, 0.1) is 12.2 Å². The summed E-state index contributed by atoms with van der Waals surface area (Å²) < 4.78 is 0. The number of fused-ring (bicyclic) bond motifs is 1. The molecule has 0 amide bonds. The SMILES string of the molecule is O[C@@H]1C=C2CCC[C@H](O)[C@@H]2CC1. The van der Waals surface area contributed by atoms with Gasteiger partial charge in [-0.15, -0.1) is 0 Å². The van der Waals surface area contributed by atoms with E-state index < -0.39 is 0 Å². The van der Waals surface area contributed by atoms with E-state index in [1.807, 2.05) is 6.08 Å². The van der Waals surface area contributed by atoms with E-state index in [0.717, 1.165) is 32.1 Å². The molecule has 0 heterocycles. The molecule has 12 heavy (non-hydrogen) atoms. The second kappa shape index (κ2) is 3.19. The first-order chi connectivity index (χ1) is 5.77. The van der Waals surface area contributed by atoms with Crippen LogP contribution in [0.15, 0.2) is 11.6 Å². The molecule has 0 unspecified atom stereocenters. The lowest BCUT2D eigenvalue weighted by atomic mass is 9.75. The second-order valence-electron chi connectivity index (χ2n) is 3.95. The van der Waals surface area contributed by atoms with Crippen molar-refractivity contribution in [3.8, 4) is 0 Å². The van der Waals surface area contributed by atoms with Crippen LogP contribution in [0.3, 0.4) is 0 Å². The van der Waals surface area contributed by atoms with E-state index in [1.165, 1.54) is 5.57 Å². The fraction of sp³-hybridized carbons (Fsp3) is 0.800. The molecule has 0 aromatic carbocycles. The Kier molecular flexibility index (Phi) is 2.20. The molecule has 0 aromatic heterocycles. The minimum atomic E-state index is -0.249. The highest BCUT2D eigenvalue weighted by Gasteiger charge is 2.30. The Labute approximate surface area is 72.9 Å². The Morgan fingerprint density at radius 2 is 2.00 bits per heavy atom. The molecule has 1 fully saturated rings. The third-order valence-corrected chi connectivity index (χ3v) is 3.09. The molecule has 0 radical (unpaired) electrons. The average Bonchev–Trinajstić information content (AvgIpc) is 2.04. The van der Waals surface area contributed by atoms with Gasteiger partial charge in [-0.25, -0.2) is 0 Å². The fourth-order valence-corrected chi connectivity index (χ4v) is 2.41. The van der Waals surface area contributed by atoms with E-state index in [0.29, 0.717) is 5.92 Å². The van der Waals surface area contributed by atoms with Gasteiger partial charge in [-0.2, -0.15) is 0 Å². The van der Waals surface area contributed by atoms with E-state index in [9.17, 15) is 10.2 Å². The number of hydrogen-bond donors (Lipinski definition) is 2. The lowest BCUT2D eigenvalue weighted by Gasteiger charge is -2.34. The van der Waals surface area contributed by atoms with Crippen molar-refractivity contribution in [2.75, 3.05) is 0 Å². The Hall–Kier alpha value is -0.340. The van der Waals surface area contributed by atoms with Gasteiger partial charge < -0.3 is 10.2 Å². The molecule has 2 aliphatic rings. The quantitative estimate of drug-likeness (QED) is 0.534. The highest BCUT2D eigenvalue weighted by molar-refractivity contribution is 5.16. The molecule has 3 atom stereocenters. The summed E-state index contributed by atoms with van der Waals surface area (Å²) in [5, 5.41) is 19.0. The lowest BCUT2D eigenvalue weighted by molar-refractivity contribution is 0.0753. The Bertz CT molecular complexity index is 198. The van der Waals surface area contributed by atoms with Crippen LogP contribution in [0.1, 0.15) is 32.1 Å². The summed E-state index contributed by atoms with van der Waals surface area (Å²) in [4.78, 5) is 0. The molecule has 2 aliphatic carbocycles. The summed E-state index contributed by atoms with van der Waals surface area (Å²) in [6.45, 7) is 0. The maximum atomic E-state index is 9.67. The van der Waals surface area contributed by atoms with Gasteiger partial charge in [-0.1, -0.05) is 11.6 Å². The highest BCUT2D eigenvalue weighted by atomic mass is 16.3. The average molecular weight is 168 g/mol. The van der Waals surface area contributed by atoms with Crippen molar-refractivity contribution in [1.82, 2.24) is 0 Å². The van der Waals surface area contributed by atoms with E-state index in [4.69, 9.17) is 0 Å². The Balaban J connectivity index is 2.15. The van der Waals surface area contributed by atoms with Crippen LogP contribution < -0.4 is 0 Å². The van der Waals surface area contributed by atoms with E-state index in [1.54, 1.807) is 0 Å². The second-order valence-corrected chi connectivity index (χ2v) is 3.95. The standard InChI is InChI=1S/C10H16O2/c11-8-4-5-9-7(6-8)2-1-3-10(9)12/h6,8-12H,1-5H2/t8-,9+,10-/m0/s1. The van der Waals surface area contributed by atoms with Crippen LogP contribution in [0.25, 0.3) is 0 Å². The normalized spacial score (nSPS) is 41.8. The van der Waals surface area contributed by atoms with Crippen LogP contribution in [-0.2, 0) is 0 Å². The summed E-state index contributed by atoms with van der Waals surface area (Å²) in [5.74, 6) is 0.363. The predicted molar refractivity (Wildman–Crippen MR) is 46.7 cm³/mol. The predicted octanol–water partition coefficient (Wildman–Crippen LogP) is 1.23. The van der Waals surface area contributed by atoms with Crippen molar-refractivity contribution in [3.05, 3.63) is 11.6 Å². The number of aliphatic hydroxyl groups is 2. The molecular formula is C10H16O2. The number of aliphatic hydroxyl groups excluding tert-OH is 2. The minimum absolute atomic E-state index is 0.141. The molecule has 0 spiro atoms. The fourth-order valence-electron chi connectivity index (χ4n) is 2.41. The maximum Gasteiger partial charge on any atom is 0.0723 e. The van der Waals surface area contributed by atoms with Gasteiger partial charge in [0.1, 0.15) is 0 Å². The smallest absolute Gasteiger partial charge is 0.0723 e. The number of rotatable bonds is 0. The van der Waals surface area contributed by atoms with Crippen LogP contribution in [-0.4, -0.2) is 22.4 Å². The minimum Gasteiger partial charge on any atom is -0.393 e. The first kappa shape index (κ1) is 8.27. The summed E-state index contributed by atoms with van der Waals surface area (Å²) >= 11 is 0. The molecule has 2 nitrogen and oxygen atoms in total. The van der Waals surface area contributed by atoms with Gasteiger partial charge in [0.25, 0.3) is 0 Å². The van der Waals surface area contributed by atoms with Gasteiger partial charge in [0, 0.05) is 5.92 Å². The summed E-state index contributed by atoms with van der Waals surface area (Å²) in [6.07, 6.45) is 6.46. The van der Waals surface area contributed by atoms with Crippen molar-refractivity contribution in [2.24, 2.45) is 5.92 Å². The summed E-state index contributed by atoms with van der Waals surface area (Å²) in [7, 11) is 0. The molecule has 1 saturated carbocycles. The van der Waals surface area contributed by atoms with E-state index in [2.05, 4.69) is 0 Å². The lowest BCUT2D eigenvalue weighted by Crippen LogP contribution is -2.31. The van der Waals surface area contributed by atoms with Gasteiger partial charge in [0.2, 0.25) is 0 Å². The molecule has 2 heteroatoms. The van der Waals surface area contributed by atoms with Crippen LogP contribution in [0.5, 0.6) is 0 Å². The molecule has 0 bridgehead atoms. The third kappa shape index (κ3) is 1.41. The number of hydrogen-bond acceptors (Lipinski definition) is 2. The molecule has 68 valence electrons.